The maximum atomic E-state index is 12.0. The first-order valence-electron chi connectivity index (χ1n) is 7.65. The molecule has 0 aliphatic rings. The van der Waals surface area contributed by atoms with Crippen molar-refractivity contribution in [2.24, 2.45) is 0 Å². The summed E-state index contributed by atoms with van der Waals surface area (Å²) in [6, 6.07) is 5.16. The van der Waals surface area contributed by atoms with Gasteiger partial charge in [0.05, 0.1) is 12.7 Å². The summed E-state index contributed by atoms with van der Waals surface area (Å²) in [7, 11) is 1.38. The highest BCUT2D eigenvalue weighted by atomic mass is 16.5. The Labute approximate surface area is 139 Å². The third-order valence-corrected chi connectivity index (χ3v) is 3.60. The van der Waals surface area contributed by atoms with Crippen molar-refractivity contribution in [2.45, 2.75) is 32.8 Å². The van der Waals surface area contributed by atoms with Gasteiger partial charge >= 0.3 is 12.0 Å². The van der Waals surface area contributed by atoms with Crippen molar-refractivity contribution in [3.8, 4) is 0 Å². The zero-order valence-electron chi connectivity index (χ0n) is 13.8. The van der Waals surface area contributed by atoms with Crippen molar-refractivity contribution in [3.05, 3.63) is 35.6 Å². The fraction of sp³-hybridized carbons (Fsp3) is 0.353. The lowest BCUT2D eigenvalue weighted by Crippen LogP contribution is -2.43. The summed E-state index contributed by atoms with van der Waals surface area (Å²) in [5.41, 5.74) is 2.55. The van der Waals surface area contributed by atoms with E-state index in [0.29, 0.717) is 11.1 Å². The molecular weight excluding hydrogens is 312 g/mol. The molecule has 3 amide bonds. The predicted molar refractivity (Wildman–Crippen MR) is 87.4 cm³/mol. The standard InChI is InChI=1S/C17H20N2O5/c1-4-11-5-6-13-12(9-23-14(13)7-11)8-15(20)24-10(2)16(21)19-17(22)18-3/h5-7,9-10H,4,8H2,1-3H3,(H2,18,19,21,22)/t10-/m1/s1. The summed E-state index contributed by atoms with van der Waals surface area (Å²) in [5.74, 6) is -1.26. The number of imide groups is 1. The van der Waals surface area contributed by atoms with Crippen LogP contribution in [0.25, 0.3) is 11.0 Å². The van der Waals surface area contributed by atoms with E-state index in [2.05, 4.69) is 10.6 Å². The van der Waals surface area contributed by atoms with Crippen molar-refractivity contribution in [1.29, 1.82) is 0 Å². The second kappa shape index (κ2) is 7.63. The Balaban J connectivity index is 1.99. The Kier molecular flexibility index (Phi) is 5.57. The smallest absolute Gasteiger partial charge is 0.321 e. The maximum absolute atomic E-state index is 12.0. The molecule has 2 aromatic rings. The van der Waals surface area contributed by atoms with E-state index in [1.54, 1.807) is 0 Å². The topological polar surface area (TPSA) is 97.6 Å². The number of furan rings is 1. The Morgan fingerprint density at radius 3 is 2.71 bits per heavy atom. The highest BCUT2D eigenvalue weighted by Crippen LogP contribution is 2.23. The number of benzene rings is 1. The molecule has 0 radical (unpaired) electrons. The first kappa shape index (κ1) is 17.5. The normalized spacial score (nSPS) is 11.8. The number of fused-ring (bicyclic) bond motifs is 1. The lowest BCUT2D eigenvalue weighted by atomic mass is 10.1. The number of aryl methyl sites for hydroxylation is 1. The molecule has 128 valence electrons. The Bertz CT molecular complexity index is 765. The second-order valence-electron chi connectivity index (χ2n) is 5.32. The molecule has 0 bridgehead atoms. The van der Waals surface area contributed by atoms with Gasteiger partial charge in [-0.05, 0) is 25.0 Å². The van der Waals surface area contributed by atoms with Gasteiger partial charge in [0, 0.05) is 18.0 Å². The van der Waals surface area contributed by atoms with Crippen LogP contribution in [0.3, 0.4) is 0 Å². The van der Waals surface area contributed by atoms with Crippen LogP contribution in [-0.4, -0.2) is 31.1 Å². The van der Waals surface area contributed by atoms with Crippen LogP contribution in [0.15, 0.2) is 28.9 Å². The number of amides is 3. The van der Waals surface area contributed by atoms with Crippen LogP contribution >= 0.6 is 0 Å². The number of hydrogen-bond acceptors (Lipinski definition) is 5. The van der Waals surface area contributed by atoms with Gasteiger partial charge in [0.2, 0.25) is 0 Å². The summed E-state index contributed by atoms with van der Waals surface area (Å²) in [6.07, 6.45) is 1.32. The van der Waals surface area contributed by atoms with E-state index in [1.165, 1.54) is 20.2 Å². The molecule has 2 rings (SSSR count). The quantitative estimate of drug-likeness (QED) is 0.815. The minimum Gasteiger partial charge on any atom is -0.464 e. The maximum Gasteiger partial charge on any atom is 0.321 e. The van der Waals surface area contributed by atoms with Gasteiger partial charge in [-0.25, -0.2) is 4.79 Å². The molecule has 1 heterocycles. The minimum absolute atomic E-state index is 0.0178. The van der Waals surface area contributed by atoms with Crippen molar-refractivity contribution < 1.29 is 23.5 Å². The van der Waals surface area contributed by atoms with Crippen molar-refractivity contribution in [3.63, 3.8) is 0 Å². The molecule has 1 atom stereocenters. The molecule has 0 unspecified atom stereocenters. The van der Waals surface area contributed by atoms with Crippen molar-refractivity contribution in [1.82, 2.24) is 10.6 Å². The first-order chi connectivity index (χ1) is 11.4. The number of hydrogen-bond donors (Lipinski definition) is 2. The highest BCUT2D eigenvalue weighted by molar-refractivity contribution is 5.97. The SMILES string of the molecule is CCc1ccc2c(CC(=O)O[C@H](C)C(=O)NC(=O)NC)coc2c1. The summed E-state index contributed by atoms with van der Waals surface area (Å²) in [6.45, 7) is 3.45. The number of urea groups is 1. The monoisotopic (exact) mass is 332 g/mol. The number of carbonyl (C=O) groups is 3. The third kappa shape index (κ3) is 4.13. The van der Waals surface area contributed by atoms with E-state index in [1.807, 2.05) is 25.1 Å². The van der Waals surface area contributed by atoms with Crippen LogP contribution < -0.4 is 10.6 Å². The highest BCUT2D eigenvalue weighted by Gasteiger charge is 2.20. The number of rotatable bonds is 5. The molecule has 0 aliphatic carbocycles. The van der Waals surface area contributed by atoms with Gasteiger partial charge in [-0.1, -0.05) is 19.1 Å². The van der Waals surface area contributed by atoms with Crippen molar-refractivity contribution >= 4 is 28.9 Å². The van der Waals surface area contributed by atoms with Gasteiger partial charge in [0.1, 0.15) is 5.58 Å². The number of ether oxygens (including phenoxy) is 1. The average molecular weight is 332 g/mol. The van der Waals surface area contributed by atoms with Crippen LogP contribution in [0.4, 0.5) is 4.79 Å². The summed E-state index contributed by atoms with van der Waals surface area (Å²) in [4.78, 5) is 34.7. The third-order valence-electron chi connectivity index (χ3n) is 3.60. The van der Waals surface area contributed by atoms with Crippen LogP contribution in [0.2, 0.25) is 0 Å². The van der Waals surface area contributed by atoms with Gasteiger partial charge in [0.15, 0.2) is 6.10 Å². The lowest BCUT2D eigenvalue weighted by Gasteiger charge is -2.12. The van der Waals surface area contributed by atoms with E-state index in [-0.39, 0.29) is 6.42 Å². The Hall–Kier alpha value is -2.83. The molecule has 24 heavy (non-hydrogen) atoms. The van der Waals surface area contributed by atoms with Crippen LogP contribution in [0, 0.1) is 0 Å². The fourth-order valence-corrected chi connectivity index (χ4v) is 2.21. The van der Waals surface area contributed by atoms with Crippen molar-refractivity contribution in [2.75, 3.05) is 7.05 Å². The molecule has 0 saturated carbocycles. The van der Waals surface area contributed by atoms with Crippen LogP contribution in [0.1, 0.15) is 25.0 Å². The van der Waals surface area contributed by atoms with Crippen LogP contribution in [0.5, 0.6) is 0 Å². The van der Waals surface area contributed by atoms with Gasteiger partial charge in [-0.2, -0.15) is 0 Å². The zero-order valence-corrected chi connectivity index (χ0v) is 13.8. The lowest BCUT2D eigenvalue weighted by molar-refractivity contribution is -0.153. The van der Waals surface area contributed by atoms with E-state index < -0.39 is 24.0 Å². The van der Waals surface area contributed by atoms with E-state index in [0.717, 1.165) is 17.4 Å². The van der Waals surface area contributed by atoms with Gasteiger partial charge in [-0.15, -0.1) is 0 Å². The molecule has 2 N–H and O–H groups in total. The van der Waals surface area contributed by atoms with Gasteiger partial charge < -0.3 is 14.5 Å². The zero-order chi connectivity index (χ0) is 17.7. The Morgan fingerprint density at radius 1 is 1.29 bits per heavy atom. The molecular formula is C17H20N2O5. The molecule has 0 fully saturated rings. The fourth-order valence-electron chi connectivity index (χ4n) is 2.21. The molecule has 1 aromatic carbocycles. The summed E-state index contributed by atoms with van der Waals surface area (Å²) >= 11 is 0. The molecule has 0 spiro atoms. The average Bonchev–Trinajstić information content (AvgIpc) is 2.96. The predicted octanol–water partition coefficient (Wildman–Crippen LogP) is 1.92. The van der Waals surface area contributed by atoms with E-state index in [9.17, 15) is 14.4 Å². The Morgan fingerprint density at radius 2 is 2.04 bits per heavy atom. The molecule has 0 aliphatic heterocycles. The molecule has 1 aromatic heterocycles. The number of nitrogens with one attached hydrogen (secondary N) is 2. The number of esters is 1. The first-order valence-corrected chi connectivity index (χ1v) is 7.65. The van der Waals surface area contributed by atoms with Gasteiger partial charge in [-0.3, -0.25) is 14.9 Å². The van der Waals surface area contributed by atoms with Crippen LogP contribution in [-0.2, 0) is 27.2 Å². The van der Waals surface area contributed by atoms with Gasteiger partial charge in [0.25, 0.3) is 5.91 Å². The minimum atomic E-state index is -1.07. The summed E-state index contributed by atoms with van der Waals surface area (Å²) < 4.78 is 10.5. The molecule has 0 saturated heterocycles. The molecule has 7 nitrogen and oxygen atoms in total. The molecule has 7 heteroatoms. The van der Waals surface area contributed by atoms with E-state index in [4.69, 9.17) is 9.15 Å². The largest absolute Gasteiger partial charge is 0.464 e. The number of carbonyl (C=O) groups excluding carboxylic acids is 3. The van der Waals surface area contributed by atoms with E-state index >= 15 is 0 Å². The second-order valence-corrected chi connectivity index (χ2v) is 5.32. The summed E-state index contributed by atoms with van der Waals surface area (Å²) in [5, 5.41) is 5.14.